The van der Waals surface area contributed by atoms with E-state index in [-0.39, 0.29) is 10.8 Å². The van der Waals surface area contributed by atoms with Gasteiger partial charge in [-0.2, -0.15) is 0 Å². The summed E-state index contributed by atoms with van der Waals surface area (Å²) >= 11 is 0. The van der Waals surface area contributed by atoms with Gasteiger partial charge in [0.2, 0.25) is 0 Å². The van der Waals surface area contributed by atoms with Crippen LogP contribution in [-0.2, 0) is 14.3 Å². The van der Waals surface area contributed by atoms with Crippen molar-refractivity contribution in [3.63, 3.8) is 0 Å². The molecule has 0 unspecified atom stereocenters. The van der Waals surface area contributed by atoms with Gasteiger partial charge in [0.15, 0.2) is 0 Å². The van der Waals surface area contributed by atoms with Crippen LogP contribution in [0.1, 0.15) is 64.7 Å². The van der Waals surface area contributed by atoms with E-state index >= 15 is 0 Å². The van der Waals surface area contributed by atoms with Gasteiger partial charge in [-0.1, -0.05) is 6.92 Å². The quantitative estimate of drug-likeness (QED) is 0.401. The van der Waals surface area contributed by atoms with Crippen molar-refractivity contribution in [1.82, 2.24) is 0 Å². The molecule has 1 N–H and O–H groups in total. The minimum atomic E-state index is -0.798. The van der Waals surface area contributed by atoms with E-state index in [4.69, 9.17) is 9.47 Å². The lowest BCUT2D eigenvalue weighted by atomic mass is 9.48. The molecule has 25 heavy (non-hydrogen) atoms. The Kier molecular flexibility index (Phi) is 4.59. The van der Waals surface area contributed by atoms with Crippen LogP contribution >= 0.6 is 0 Å². The summed E-state index contributed by atoms with van der Waals surface area (Å²) in [5, 5.41) is 9.67. The topological polar surface area (TPSA) is 55.8 Å². The van der Waals surface area contributed by atoms with Gasteiger partial charge >= 0.3 is 5.97 Å². The van der Waals surface area contributed by atoms with E-state index in [0.717, 1.165) is 43.8 Å². The summed E-state index contributed by atoms with van der Waals surface area (Å²) in [6.07, 6.45) is 12.2. The molecule has 5 fully saturated rings. The van der Waals surface area contributed by atoms with Crippen molar-refractivity contribution in [1.29, 1.82) is 0 Å². The largest absolute Gasteiger partial charge is 0.501 e. The predicted molar refractivity (Wildman–Crippen MR) is 95.1 cm³/mol. The van der Waals surface area contributed by atoms with Crippen LogP contribution in [0.3, 0.4) is 0 Å². The summed E-state index contributed by atoms with van der Waals surface area (Å²) in [4.78, 5) is 11.8. The molecule has 4 saturated carbocycles. The Morgan fingerprint density at radius 2 is 1.76 bits per heavy atom. The summed E-state index contributed by atoms with van der Waals surface area (Å²) in [5.41, 5.74) is 0.990. The first kappa shape index (κ1) is 17.4. The van der Waals surface area contributed by atoms with E-state index in [2.05, 4.69) is 6.92 Å². The first-order valence-corrected chi connectivity index (χ1v) is 10.1. The van der Waals surface area contributed by atoms with Crippen LogP contribution in [-0.4, -0.2) is 30.9 Å². The average molecular weight is 348 g/mol. The minimum Gasteiger partial charge on any atom is -0.501 e. The number of carbonyl (C=O) groups is 1. The van der Waals surface area contributed by atoms with Crippen molar-refractivity contribution in [2.45, 2.75) is 64.7 Å². The molecule has 0 aromatic rings. The molecule has 5 aliphatic rings. The highest BCUT2D eigenvalue weighted by atomic mass is 16.5. The van der Waals surface area contributed by atoms with Gasteiger partial charge in [0.25, 0.3) is 0 Å². The maximum Gasteiger partial charge on any atom is 0.334 e. The monoisotopic (exact) mass is 348 g/mol. The minimum absolute atomic E-state index is 0.245. The van der Waals surface area contributed by atoms with E-state index in [0.29, 0.717) is 18.6 Å². The maximum atomic E-state index is 11.8. The molecule has 1 aliphatic heterocycles. The molecule has 4 aliphatic carbocycles. The number of carboxylic acids is 1. The van der Waals surface area contributed by atoms with Crippen molar-refractivity contribution in [3.8, 4) is 0 Å². The molecule has 5 rings (SSSR count). The van der Waals surface area contributed by atoms with Gasteiger partial charge in [-0.05, 0) is 81.0 Å². The fraction of sp³-hybridized carbons (Fsp3) is 0.857. The van der Waals surface area contributed by atoms with Crippen molar-refractivity contribution in [2.24, 2.45) is 28.6 Å². The van der Waals surface area contributed by atoms with Crippen molar-refractivity contribution < 1.29 is 19.4 Å². The van der Waals surface area contributed by atoms with Gasteiger partial charge in [-0.25, -0.2) is 4.79 Å². The van der Waals surface area contributed by atoms with Gasteiger partial charge < -0.3 is 14.6 Å². The van der Waals surface area contributed by atoms with Crippen molar-refractivity contribution >= 4 is 5.97 Å². The van der Waals surface area contributed by atoms with Gasteiger partial charge in [0.1, 0.15) is 0 Å². The van der Waals surface area contributed by atoms with E-state index in [1.54, 1.807) is 6.26 Å². The summed E-state index contributed by atoms with van der Waals surface area (Å²) in [5.74, 6) is 1.76. The molecule has 0 aromatic heterocycles. The third-order valence-corrected chi connectivity index (χ3v) is 7.55. The molecular formula is C21H32O4. The lowest BCUT2D eigenvalue weighted by molar-refractivity contribution is -0.134. The smallest absolute Gasteiger partial charge is 0.334 e. The van der Waals surface area contributed by atoms with Crippen LogP contribution in [0.2, 0.25) is 0 Å². The zero-order valence-corrected chi connectivity index (χ0v) is 15.5. The third-order valence-electron chi connectivity index (χ3n) is 7.55. The highest BCUT2D eigenvalue weighted by molar-refractivity contribution is 5.86. The van der Waals surface area contributed by atoms with Crippen molar-refractivity contribution in [2.75, 3.05) is 19.8 Å². The number of hydrogen-bond acceptors (Lipinski definition) is 3. The van der Waals surface area contributed by atoms with Crippen LogP contribution in [0, 0.1) is 28.6 Å². The van der Waals surface area contributed by atoms with E-state index < -0.39 is 5.97 Å². The van der Waals surface area contributed by atoms with Crippen LogP contribution in [0.5, 0.6) is 0 Å². The molecule has 140 valence electrons. The van der Waals surface area contributed by atoms with E-state index in [1.165, 1.54) is 38.5 Å². The zero-order valence-electron chi connectivity index (χ0n) is 15.5. The highest BCUT2D eigenvalue weighted by Crippen LogP contribution is 2.62. The Bertz CT molecular complexity index is 505. The summed E-state index contributed by atoms with van der Waals surface area (Å²) in [7, 11) is 0. The molecule has 0 atom stereocenters. The molecule has 1 saturated heterocycles. The number of hydrogen-bond donors (Lipinski definition) is 1. The Balaban J connectivity index is 1.36. The normalized spacial score (nSPS) is 38.4. The fourth-order valence-corrected chi connectivity index (χ4v) is 6.43. The van der Waals surface area contributed by atoms with Gasteiger partial charge in [0, 0.05) is 5.41 Å². The maximum absolute atomic E-state index is 11.8. The van der Waals surface area contributed by atoms with Crippen LogP contribution in [0.15, 0.2) is 11.8 Å². The number of aliphatic carboxylic acids is 1. The second-order valence-corrected chi connectivity index (χ2v) is 9.51. The molecule has 4 bridgehead atoms. The van der Waals surface area contributed by atoms with Crippen molar-refractivity contribution in [3.05, 3.63) is 11.8 Å². The second-order valence-electron chi connectivity index (χ2n) is 9.51. The van der Waals surface area contributed by atoms with Crippen LogP contribution in [0.4, 0.5) is 0 Å². The zero-order chi connectivity index (χ0) is 17.5. The molecular weight excluding hydrogens is 316 g/mol. The Hall–Kier alpha value is -1.03. The lowest BCUT2D eigenvalue weighted by Gasteiger charge is -2.57. The first-order valence-electron chi connectivity index (χ1n) is 10.1. The first-order chi connectivity index (χ1) is 12.0. The summed E-state index contributed by atoms with van der Waals surface area (Å²) in [6, 6.07) is 0. The summed E-state index contributed by atoms with van der Waals surface area (Å²) < 4.78 is 11.0. The number of ether oxygens (including phenoxy) is 2. The number of carboxylic acid groups (broad SMARTS) is 1. The molecule has 4 heteroatoms. The highest BCUT2D eigenvalue weighted by Gasteiger charge is 2.51. The second kappa shape index (κ2) is 6.61. The van der Waals surface area contributed by atoms with E-state index in [9.17, 15) is 9.90 Å². The third kappa shape index (κ3) is 3.47. The molecule has 0 radical (unpaired) electrons. The molecule has 0 spiro atoms. The molecule has 0 aromatic carbocycles. The molecule has 4 nitrogen and oxygen atoms in total. The predicted octanol–water partition coefficient (Wildman–Crippen LogP) is 4.39. The SMILES string of the molecule is CCC1(CCOC=C(CC23CC4CC(CC(C4)C2)C3)C(=O)O)COC1. The van der Waals surface area contributed by atoms with Crippen LogP contribution < -0.4 is 0 Å². The Morgan fingerprint density at radius 1 is 1.16 bits per heavy atom. The Morgan fingerprint density at radius 3 is 2.20 bits per heavy atom. The summed E-state index contributed by atoms with van der Waals surface area (Å²) in [6.45, 7) is 4.41. The van der Waals surface area contributed by atoms with Crippen LogP contribution in [0.25, 0.3) is 0 Å². The standard InChI is InChI=1S/C21H32O4/c1-2-20(13-25-14-20)3-4-24-12-18(19(22)23)11-21-8-15-5-16(9-21)7-17(6-15)10-21/h12,15-17H,2-11,13-14H2,1H3,(H,22,23). The fourth-order valence-electron chi connectivity index (χ4n) is 6.43. The Labute approximate surface area is 151 Å². The van der Waals surface area contributed by atoms with Gasteiger partial charge in [0.05, 0.1) is 31.7 Å². The molecule has 1 heterocycles. The van der Waals surface area contributed by atoms with Gasteiger partial charge in [-0.3, -0.25) is 0 Å². The number of rotatable bonds is 8. The van der Waals surface area contributed by atoms with E-state index in [1.807, 2.05) is 0 Å². The van der Waals surface area contributed by atoms with Gasteiger partial charge in [-0.15, -0.1) is 0 Å². The average Bonchev–Trinajstić information content (AvgIpc) is 2.50. The lowest BCUT2D eigenvalue weighted by Crippen LogP contribution is -2.46. The molecule has 0 amide bonds.